The van der Waals surface area contributed by atoms with E-state index in [0.29, 0.717) is 28.5 Å². The predicted octanol–water partition coefficient (Wildman–Crippen LogP) is 11.9. The first-order chi connectivity index (χ1) is 24.5. The van der Waals surface area contributed by atoms with E-state index in [2.05, 4.69) is 94.8 Å². The lowest BCUT2D eigenvalue weighted by atomic mass is 9.66. The molecular formula is C44H69N4S3+. The standard InChI is InChI=1S/C44H69N4S3/c1-9-30-21-23-31(24-22-30)28-49-41-45-46-42(51-41)50-39-32(25-26-38-43(3,4)34-17-10-12-19-36(34)47(38)7)15-14-16-33(39)27-29(2)40-44(5,6)35-18-11-13-20-37(35)48(40)8/h9,25-26,29-31,33-37,39H,1,10-24,27-28H2,2-8H3/q+1/b32-25+,38-26+. The average molecular weight is 750 g/mol. The van der Waals surface area contributed by atoms with Crippen LogP contribution in [0.1, 0.15) is 137 Å². The van der Waals surface area contributed by atoms with Gasteiger partial charge in [0.25, 0.3) is 0 Å². The second kappa shape index (κ2) is 16.0. The zero-order valence-electron chi connectivity index (χ0n) is 33.2. The number of likely N-dealkylation sites (tertiary alicyclic amines) is 1. The zero-order valence-corrected chi connectivity index (χ0v) is 35.6. The van der Waals surface area contributed by atoms with E-state index < -0.39 is 0 Å². The molecule has 2 aliphatic heterocycles. The summed E-state index contributed by atoms with van der Waals surface area (Å²) < 4.78 is 5.12. The van der Waals surface area contributed by atoms with E-state index in [9.17, 15) is 0 Å². The molecule has 7 unspecified atom stereocenters. The van der Waals surface area contributed by atoms with Crippen molar-refractivity contribution < 1.29 is 4.58 Å². The van der Waals surface area contributed by atoms with E-state index in [1.165, 1.54) is 117 Å². The SMILES string of the molecule is C=CC1CCC(CSc2nnc(SC3/C(=C/C=C4/N(C)C5CCCCC5C4(C)C)CCCC3CC(C)C3=[N+](C)C4CCCCC4C3(C)C)s2)CC1. The molecule has 4 saturated carbocycles. The Morgan fingerprint density at radius 2 is 1.59 bits per heavy atom. The Morgan fingerprint density at radius 1 is 0.882 bits per heavy atom. The van der Waals surface area contributed by atoms with Crippen LogP contribution in [0.4, 0.5) is 0 Å². The third-order valence-corrected chi connectivity index (χ3v) is 18.9. The Labute approximate surface area is 324 Å². The van der Waals surface area contributed by atoms with Crippen LogP contribution in [0, 0.1) is 46.3 Å². The monoisotopic (exact) mass is 749 g/mol. The first-order valence-corrected chi connectivity index (χ1v) is 23.7. The highest BCUT2D eigenvalue weighted by molar-refractivity contribution is 8.03. The van der Waals surface area contributed by atoms with Gasteiger partial charge in [-0.1, -0.05) is 92.6 Å². The molecule has 7 heteroatoms. The molecule has 4 nitrogen and oxygen atoms in total. The molecule has 0 N–H and O–H groups in total. The Kier molecular flexibility index (Phi) is 12.0. The molecule has 3 heterocycles. The molecule has 0 spiro atoms. The van der Waals surface area contributed by atoms with Gasteiger partial charge in [0.05, 0.1) is 5.41 Å². The molecular weight excluding hydrogens is 681 g/mol. The molecule has 5 fully saturated rings. The summed E-state index contributed by atoms with van der Waals surface area (Å²) in [6, 6.07) is 1.46. The van der Waals surface area contributed by atoms with Crippen molar-refractivity contribution in [2.45, 2.75) is 163 Å². The first-order valence-electron chi connectivity index (χ1n) is 21.0. The molecule has 7 atom stereocenters. The van der Waals surface area contributed by atoms with Gasteiger partial charge >= 0.3 is 0 Å². The summed E-state index contributed by atoms with van der Waals surface area (Å²) in [7, 11) is 4.83. The van der Waals surface area contributed by atoms with Crippen molar-refractivity contribution in [2.75, 3.05) is 19.8 Å². The van der Waals surface area contributed by atoms with Crippen LogP contribution >= 0.6 is 34.9 Å². The van der Waals surface area contributed by atoms with Gasteiger partial charge in [0.2, 0.25) is 0 Å². The maximum Gasteiger partial charge on any atom is 0.175 e. The van der Waals surface area contributed by atoms with Gasteiger partial charge in [-0.25, -0.2) is 4.58 Å². The van der Waals surface area contributed by atoms with Crippen LogP contribution in [0.2, 0.25) is 0 Å². The minimum Gasteiger partial charge on any atom is -0.374 e. The number of fused-ring (bicyclic) bond motifs is 2. The van der Waals surface area contributed by atoms with Crippen LogP contribution in [0.15, 0.2) is 44.8 Å². The predicted molar refractivity (Wildman–Crippen MR) is 221 cm³/mol. The van der Waals surface area contributed by atoms with Crippen LogP contribution in [0.3, 0.4) is 0 Å². The van der Waals surface area contributed by atoms with Crippen molar-refractivity contribution in [3.05, 3.63) is 36.1 Å². The van der Waals surface area contributed by atoms with Gasteiger partial charge in [0.15, 0.2) is 20.4 Å². The largest absolute Gasteiger partial charge is 0.374 e. The third-order valence-electron chi connectivity index (χ3n) is 15.1. The minimum atomic E-state index is 0.241. The number of thioether (sulfide) groups is 2. The molecule has 4 aliphatic carbocycles. The van der Waals surface area contributed by atoms with Crippen molar-refractivity contribution in [3.8, 4) is 0 Å². The summed E-state index contributed by atoms with van der Waals surface area (Å²) >= 11 is 5.88. The quantitative estimate of drug-likeness (QED) is 0.135. The molecule has 0 radical (unpaired) electrons. The van der Waals surface area contributed by atoms with Crippen molar-refractivity contribution >= 4 is 40.6 Å². The zero-order chi connectivity index (χ0) is 35.9. The third kappa shape index (κ3) is 7.76. The lowest BCUT2D eigenvalue weighted by Crippen LogP contribution is -2.37. The van der Waals surface area contributed by atoms with Crippen LogP contribution < -0.4 is 0 Å². The number of hydrogen-bond acceptors (Lipinski definition) is 6. The Morgan fingerprint density at radius 3 is 2.31 bits per heavy atom. The summed E-state index contributed by atoms with van der Waals surface area (Å²) in [4.78, 5) is 2.68. The van der Waals surface area contributed by atoms with Crippen LogP contribution in [0.5, 0.6) is 0 Å². The van der Waals surface area contributed by atoms with E-state index >= 15 is 0 Å². The molecule has 7 rings (SSSR count). The molecule has 0 aromatic carbocycles. The van der Waals surface area contributed by atoms with Gasteiger partial charge in [-0.05, 0) is 121 Å². The summed E-state index contributed by atoms with van der Waals surface area (Å²) in [6.45, 7) is 16.8. The molecule has 51 heavy (non-hydrogen) atoms. The summed E-state index contributed by atoms with van der Waals surface area (Å²) in [5.41, 5.74) is 5.50. The highest BCUT2D eigenvalue weighted by Crippen LogP contribution is 2.54. The smallest absolute Gasteiger partial charge is 0.175 e. The summed E-state index contributed by atoms with van der Waals surface area (Å²) in [5.74, 6) is 5.57. The van der Waals surface area contributed by atoms with Gasteiger partial charge < -0.3 is 4.90 Å². The van der Waals surface area contributed by atoms with Crippen molar-refractivity contribution in [2.24, 2.45) is 46.3 Å². The van der Waals surface area contributed by atoms with E-state index in [1.54, 1.807) is 17.0 Å². The van der Waals surface area contributed by atoms with Crippen molar-refractivity contribution in [1.82, 2.24) is 15.1 Å². The first kappa shape index (κ1) is 38.2. The minimum absolute atomic E-state index is 0.241. The highest BCUT2D eigenvalue weighted by Gasteiger charge is 2.55. The molecule has 6 aliphatic rings. The van der Waals surface area contributed by atoms with Crippen LogP contribution in [-0.4, -0.2) is 62.6 Å². The topological polar surface area (TPSA) is 32.0 Å². The second-order valence-corrected chi connectivity index (χ2v) is 22.4. The van der Waals surface area contributed by atoms with E-state index in [4.69, 9.17) is 10.2 Å². The number of allylic oxidation sites excluding steroid dienone is 4. The fraction of sp³-hybridized carbons (Fsp3) is 0.795. The molecule has 0 amide bonds. The molecule has 1 saturated heterocycles. The number of rotatable bonds is 10. The molecule has 282 valence electrons. The van der Waals surface area contributed by atoms with Crippen molar-refractivity contribution in [1.29, 1.82) is 0 Å². The van der Waals surface area contributed by atoms with Crippen molar-refractivity contribution in [3.63, 3.8) is 0 Å². The molecule has 1 aromatic rings. The Bertz CT molecular complexity index is 1480. The van der Waals surface area contributed by atoms with Gasteiger partial charge in [-0.15, -0.1) is 16.8 Å². The second-order valence-electron chi connectivity index (χ2n) is 18.7. The Balaban J connectivity index is 1.12. The normalized spacial score (nSPS) is 37.1. The maximum absolute atomic E-state index is 4.86. The average Bonchev–Trinajstić information content (AvgIpc) is 3.72. The van der Waals surface area contributed by atoms with Crippen LogP contribution in [-0.2, 0) is 0 Å². The maximum atomic E-state index is 4.86. The van der Waals surface area contributed by atoms with E-state index in [-0.39, 0.29) is 5.41 Å². The Hall–Kier alpha value is -1.05. The number of nitrogens with zero attached hydrogens (tertiary/aromatic N) is 4. The summed E-state index contributed by atoms with van der Waals surface area (Å²) in [5, 5.41) is 10.1. The fourth-order valence-corrected chi connectivity index (χ4v) is 16.3. The lowest BCUT2D eigenvalue weighted by Gasteiger charge is -2.36. The lowest BCUT2D eigenvalue weighted by molar-refractivity contribution is -0.541. The van der Waals surface area contributed by atoms with Crippen LogP contribution in [0.25, 0.3) is 0 Å². The van der Waals surface area contributed by atoms with Gasteiger partial charge in [-0.2, -0.15) is 0 Å². The van der Waals surface area contributed by atoms with E-state index in [0.717, 1.165) is 29.7 Å². The number of aromatic nitrogens is 2. The van der Waals surface area contributed by atoms with Gasteiger partial charge in [0.1, 0.15) is 7.05 Å². The van der Waals surface area contributed by atoms with Gasteiger partial charge in [-0.3, -0.25) is 0 Å². The fourth-order valence-electron chi connectivity index (χ4n) is 12.5. The highest BCUT2D eigenvalue weighted by atomic mass is 32.2. The molecule has 0 bridgehead atoms. The number of hydrogen-bond donors (Lipinski definition) is 0. The van der Waals surface area contributed by atoms with E-state index in [1.807, 2.05) is 23.1 Å². The summed E-state index contributed by atoms with van der Waals surface area (Å²) in [6.07, 6.45) is 28.9. The molecule has 1 aromatic heterocycles. The van der Waals surface area contributed by atoms with Gasteiger partial charge in [0, 0.05) is 53.5 Å².